The summed E-state index contributed by atoms with van der Waals surface area (Å²) in [6.07, 6.45) is 0. The van der Waals surface area contributed by atoms with Crippen LogP contribution in [0.5, 0.6) is 0 Å². The number of nitrogens with one attached hydrogen (secondary N) is 1. The van der Waals surface area contributed by atoms with Gasteiger partial charge in [0.1, 0.15) is 5.82 Å². The number of benzene rings is 1. The fraction of sp³-hybridized carbons (Fsp3) is 0.273. The van der Waals surface area contributed by atoms with E-state index >= 15 is 0 Å². The van der Waals surface area contributed by atoms with Crippen LogP contribution in [0.1, 0.15) is 11.8 Å². The van der Waals surface area contributed by atoms with Gasteiger partial charge in [-0.3, -0.25) is 0 Å². The average Bonchev–Trinajstić information content (AvgIpc) is 2.56. The van der Waals surface area contributed by atoms with Gasteiger partial charge in [0.2, 0.25) is 0 Å². The number of hydrogen-bond acceptors (Lipinski definition) is 2. The molecule has 0 atom stereocenters. The molecule has 0 saturated carbocycles. The topological polar surface area (TPSA) is 12.0 Å². The maximum Gasteiger partial charge on any atom is 0.124 e. The van der Waals surface area contributed by atoms with Crippen molar-refractivity contribution in [3.05, 3.63) is 35.0 Å². The summed E-state index contributed by atoms with van der Waals surface area (Å²) in [5.74, 6) is -0.158. The Hall–Kier alpha value is -0.930. The molecule has 2 rings (SSSR count). The quantitative estimate of drug-likeness (QED) is 0.818. The highest BCUT2D eigenvalue weighted by molar-refractivity contribution is 7.19. The van der Waals surface area contributed by atoms with Crippen LogP contribution in [0, 0.1) is 5.82 Å². The van der Waals surface area contributed by atoms with Crippen LogP contribution < -0.4 is 5.32 Å². The van der Waals surface area contributed by atoms with Crippen molar-refractivity contribution in [3.8, 4) is 0 Å². The van der Waals surface area contributed by atoms with Crippen LogP contribution in [-0.4, -0.2) is 6.54 Å². The second-order valence-corrected chi connectivity index (χ2v) is 4.34. The molecule has 1 N–H and O–H groups in total. The molecule has 0 aliphatic heterocycles. The lowest BCUT2D eigenvalue weighted by Crippen LogP contribution is -2.10. The van der Waals surface area contributed by atoms with Crippen molar-refractivity contribution in [2.24, 2.45) is 0 Å². The standard InChI is InChI=1S/C11H12FNS/c1-2-13-7-10-5-8-3-4-9(12)6-11(8)14-10/h3-6,13H,2,7H2,1H3. The molecule has 1 aromatic carbocycles. The van der Waals surface area contributed by atoms with Crippen LogP contribution >= 0.6 is 11.3 Å². The summed E-state index contributed by atoms with van der Waals surface area (Å²) < 4.78 is 13.9. The molecule has 14 heavy (non-hydrogen) atoms. The van der Waals surface area contributed by atoms with Gasteiger partial charge in [-0.25, -0.2) is 4.39 Å². The smallest absolute Gasteiger partial charge is 0.124 e. The largest absolute Gasteiger partial charge is 0.312 e. The van der Waals surface area contributed by atoms with E-state index in [1.807, 2.05) is 6.07 Å². The molecule has 0 aliphatic rings. The number of halogens is 1. The van der Waals surface area contributed by atoms with Gasteiger partial charge in [0, 0.05) is 16.1 Å². The van der Waals surface area contributed by atoms with Crippen LogP contribution in [0.25, 0.3) is 10.1 Å². The summed E-state index contributed by atoms with van der Waals surface area (Å²) in [7, 11) is 0. The van der Waals surface area contributed by atoms with Crippen LogP contribution in [0.4, 0.5) is 4.39 Å². The molecule has 0 saturated heterocycles. The molecule has 0 unspecified atom stereocenters. The van der Waals surface area contributed by atoms with E-state index in [4.69, 9.17) is 0 Å². The molecule has 0 amide bonds. The van der Waals surface area contributed by atoms with Gasteiger partial charge in [-0.15, -0.1) is 11.3 Å². The van der Waals surface area contributed by atoms with Crippen molar-refractivity contribution in [3.63, 3.8) is 0 Å². The summed E-state index contributed by atoms with van der Waals surface area (Å²) in [6, 6.07) is 7.04. The van der Waals surface area contributed by atoms with E-state index < -0.39 is 0 Å². The summed E-state index contributed by atoms with van der Waals surface area (Å²) in [6.45, 7) is 3.91. The highest BCUT2D eigenvalue weighted by Gasteiger charge is 2.01. The van der Waals surface area contributed by atoms with Gasteiger partial charge in [0.15, 0.2) is 0 Å². The van der Waals surface area contributed by atoms with Gasteiger partial charge in [0.05, 0.1) is 0 Å². The van der Waals surface area contributed by atoms with Gasteiger partial charge < -0.3 is 5.32 Å². The third-order valence-corrected chi connectivity index (χ3v) is 3.18. The maximum absolute atomic E-state index is 12.9. The molecule has 0 fully saturated rings. The van der Waals surface area contributed by atoms with E-state index in [0.29, 0.717) is 0 Å². The molecule has 0 radical (unpaired) electrons. The zero-order valence-electron chi connectivity index (χ0n) is 8.01. The lowest BCUT2D eigenvalue weighted by atomic mass is 10.2. The maximum atomic E-state index is 12.9. The number of thiophene rings is 1. The van der Waals surface area contributed by atoms with Crippen LogP contribution in [0.3, 0.4) is 0 Å². The first kappa shape index (κ1) is 9.62. The second-order valence-electron chi connectivity index (χ2n) is 3.18. The fourth-order valence-corrected chi connectivity index (χ4v) is 2.45. The molecule has 0 bridgehead atoms. The monoisotopic (exact) mass is 209 g/mol. The van der Waals surface area contributed by atoms with E-state index in [1.165, 1.54) is 10.9 Å². The number of rotatable bonds is 3. The van der Waals surface area contributed by atoms with Gasteiger partial charge in [-0.2, -0.15) is 0 Å². The highest BCUT2D eigenvalue weighted by Crippen LogP contribution is 2.26. The lowest BCUT2D eigenvalue weighted by Gasteiger charge is -1.95. The Kier molecular flexibility index (Phi) is 2.79. The molecule has 1 heterocycles. The normalized spacial score (nSPS) is 11.0. The van der Waals surface area contributed by atoms with Crippen molar-refractivity contribution in [2.75, 3.05) is 6.54 Å². The van der Waals surface area contributed by atoms with Crippen molar-refractivity contribution in [2.45, 2.75) is 13.5 Å². The van der Waals surface area contributed by atoms with Crippen LogP contribution in [0.2, 0.25) is 0 Å². The minimum Gasteiger partial charge on any atom is -0.312 e. The number of hydrogen-bond donors (Lipinski definition) is 1. The van der Waals surface area contributed by atoms with E-state index in [9.17, 15) is 4.39 Å². The van der Waals surface area contributed by atoms with Gasteiger partial charge in [-0.05, 0) is 30.1 Å². The molecule has 2 aromatic rings. The zero-order valence-corrected chi connectivity index (χ0v) is 8.83. The van der Waals surface area contributed by atoms with Crippen molar-refractivity contribution >= 4 is 21.4 Å². The first-order chi connectivity index (χ1) is 6.79. The van der Waals surface area contributed by atoms with Gasteiger partial charge >= 0.3 is 0 Å². The summed E-state index contributed by atoms with van der Waals surface area (Å²) in [5, 5.41) is 4.39. The average molecular weight is 209 g/mol. The minimum atomic E-state index is -0.158. The molecule has 3 heteroatoms. The first-order valence-electron chi connectivity index (χ1n) is 4.68. The molecular weight excluding hydrogens is 197 g/mol. The van der Waals surface area contributed by atoms with Gasteiger partial charge in [-0.1, -0.05) is 13.0 Å². The Labute approximate surface area is 86.6 Å². The predicted molar refractivity (Wildman–Crippen MR) is 59.2 cm³/mol. The lowest BCUT2D eigenvalue weighted by molar-refractivity contribution is 0.630. The molecule has 1 nitrogen and oxygen atoms in total. The van der Waals surface area contributed by atoms with E-state index in [1.54, 1.807) is 17.4 Å². The van der Waals surface area contributed by atoms with Crippen molar-refractivity contribution < 1.29 is 4.39 Å². The van der Waals surface area contributed by atoms with Crippen LogP contribution in [0.15, 0.2) is 24.3 Å². The van der Waals surface area contributed by atoms with Crippen molar-refractivity contribution in [1.82, 2.24) is 5.32 Å². The fourth-order valence-electron chi connectivity index (χ4n) is 1.40. The highest BCUT2D eigenvalue weighted by atomic mass is 32.1. The minimum absolute atomic E-state index is 0.158. The predicted octanol–water partition coefficient (Wildman–Crippen LogP) is 3.15. The zero-order chi connectivity index (χ0) is 9.97. The molecule has 1 aromatic heterocycles. The molecular formula is C11H12FNS. The summed E-state index contributed by atoms with van der Waals surface area (Å²) >= 11 is 1.65. The van der Waals surface area contributed by atoms with E-state index in [0.717, 1.165) is 23.2 Å². The van der Waals surface area contributed by atoms with E-state index in [-0.39, 0.29) is 5.82 Å². The second kappa shape index (κ2) is 4.07. The SMILES string of the molecule is CCNCc1cc2ccc(F)cc2s1. The molecule has 74 valence electrons. The third-order valence-electron chi connectivity index (χ3n) is 2.08. The Morgan fingerprint density at radius 1 is 1.36 bits per heavy atom. The molecule has 0 spiro atoms. The first-order valence-corrected chi connectivity index (χ1v) is 5.50. The summed E-state index contributed by atoms with van der Waals surface area (Å²) in [4.78, 5) is 1.26. The molecule has 0 aliphatic carbocycles. The number of fused-ring (bicyclic) bond motifs is 1. The third kappa shape index (κ3) is 1.94. The Bertz CT molecular complexity index is 436. The Balaban J connectivity index is 2.32. The van der Waals surface area contributed by atoms with Gasteiger partial charge in [0.25, 0.3) is 0 Å². The van der Waals surface area contributed by atoms with E-state index in [2.05, 4.69) is 18.3 Å². The summed E-state index contributed by atoms with van der Waals surface area (Å²) in [5.41, 5.74) is 0. The van der Waals surface area contributed by atoms with Crippen LogP contribution in [-0.2, 0) is 6.54 Å². The van der Waals surface area contributed by atoms with Crippen molar-refractivity contribution in [1.29, 1.82) is 0 Å². The Morgan fingerprint density at radius 3 is 3.00 bits per heavy atom. The Morgan fingerprint density at radius 2 is 2.21 bits per heavy atom.